The van der Waals surface area contributed by atoms with Gasteiger partial charge in [-0.15, -0.1) is 0 Å². The van der Waals surface area contributed by atoms with E-state index in [0.29, 0.717) is 18.4 Å². The molecule has 0 atom stereocenters. The van der Waals surface area contributed by atoms with E-state index in [-0.39, 0.29) is 11.6 Å². The number of carbonyl (C=O) groups is 1. The van der Waals surface area contributed by atoms with E-state index in [0.717, 1.165) is 24.8 Å². The second-order valence-corrected chi connectivity index (χ2v) is 4.24. The van der Waals surface area contributed by atoms with Crippen molar-refractivity contribution in [3.05, 3.63) is 47.3 Å². The van der Waals surface area contributed by atoms with Crippen molar-refractivity contribution in [2.75, 3.05) is 0 Å². The summed E-state index contributed by atoms with van der Waals surface area (Å²) < 4.78 is 13.4. The number of benzene rings is 1. The van der Waals surface area contributed by atoms with E-state index in [1.54, 1.807) is 18.2 Å². The second-order valence-electron chi connectivity index (χ2n) is 4.24. The molecule has 1 aromatic rings. The number of ketones is 1. The molecule has 0 spiro atoms. The van der Waals surface area contributed by atoms with Gasteiger partial charge in [-0.05, 0) is 43.4 Å². The summed E-state index contributed by atoms with van der Waals surface area (Å²) >= 11 is 0. The fourth-order valence-electron chi connectivity index (χ4n) is 2.05. The van der Waals surface area contributed by atoms with E-state index in [1.165, 1.54) is 6.07 Å². The Morgan fingerprint density at radius 3 is 2.69 bits per heavy atom. The first-order chi connectivity index (χ1) is 7.75. The van der Waals surface area contributed by atoms with Crippen LogP contribution in [0.1, 0.15) is 31.2 Å². The molecule has 1 aliphatic carbocycles. The molecule has 0 heterocycles. The third kappa shape index (κ3) is 2.78. The Morgan fingerprint density at radius 2 is 1.88 bits per heavy atom. The topological polar surface area (TPSA) is 17.1 Å². The highest BCUT2D eigenvalue weighted by Gasteiger charge is 2.10. The summed E-state index contributed by atoms with van der Waals surface area (Å²) in [6, 6.07) is 6.77. The van der Waals surface area contributed by atoms with E-state index in [9.17, 15) is 9.18 Å². The van der Waals surface area contributed by atoms with Gasteiger partial charge >= 0.3 is 0 Å². The van der Waals surface area contributed by atoms with Crippen LogP contribution in [0.5, 0.6) is 0 Å². The van der Waals surface area contributed by atoms with Crippen molar-refractivity contribution in [1.29, 1.82) is 0 Å². The van der Waals surface area contributed by atoms with Gasteiger partial charge in [-0.2, -0.15) is 0 Å². The van der Waals surface area contributed by atoms with Crippen molar-refractivity contribution in [1.82, 2.24) is 0 Å². The molecule has 0 amide bonds. The summed E-state index contributed by atoms with van der Waals surface area (Å²) in [4.78, 5) is 11.4. The minimum atomic E-state index is -0.180. The van der Waals surface area contributed by atoms with Crippen molar-refractivity contribution < 1.29 is 9.18 Å². The highest BCUT2D eigenvalue weighted by molar-refractivity contribution is 5.90. The van der Waals surface area contributed by atoms with E-state index >= 15 is 0 Å². The number of halogens is 1. The largest absolute Gasteiger partial charge is 0.295 e. The van der Waals surface area contributed by atoms with Gasteiger partial charge in [0.2, 0.25) is 0 Å². The number of hydrogen-bond donors (Lipinski definition) is 0. The van der Waals surface area contributed by atoms with Crippen LogP contribution < -0.4 is 0 Å². The highest BCUT2D eigenvalue weighted by atomic mass is 19.1. The average molecular weight is 218 g/mol. The van der Waals surface area contributed by atoms with Gasteiger partial charge < -0.3 is 0 Å². The van der Waals surface area contributed by atoms with Gasteiger partial charge in [-0.3, -0.25) is 4.79 Å². The summed E-state index contributed by atoms with van der Waals surface area (Å²) in [5, 5.41) is 0. The minimum absolute atomic E-state index is 0.180. The molecule has 0 saturated carbocycles. The maximum absolute atomic E-state index is 13.4. The molecule has 2 heteroatoms. The Bertz CT molecular complexity index is 420. The van der Waals surface area contributed by atoms with Gasteiger partial charge in [0.15, 0.2) is 5.78 Å². The molecule has 0 saturated heterocycles. The van der Waals surface area contributed by atoms with Gasteiger partial charge in [0.1, 0.15) is 5.82 Å². The van der Waals surface area contributed by atoms with Crippen LogP contribution in [0.4, 0.5) is 4.39 Å². The number of hydrogen-bond acceptors (Lipinski definition) is 1. The molecule has 0 aliphatic heterocycles. The molecule has 2 rings (SSSR count). The van der Waals surface area contributed by atoms with Gasteiger partial charge in [0.05, 0.1) is 0 Å². The molecular formula is C14H15FO. The van der Waals surface area contributed by atoms with Gasteiger partial charge in [0, 0.05) is 6.42 Å². The van der Waals surface area contributed by atoms with E-state index in [1.807, 2.05) is 6.07 Å². The zero-order valence-electron chi connectivity index (χ0n) is 9.21. The third-order valence-electron chi connectivity index (χ3n) is 2.91. The molecule has 1 nitrogen and oxygen atoms in total. The quantitative estimate of drug-likeness (QED) is 0.743. The van der Waals surface area contributed by atoms with E-state index in [2.05, 4.69) is 0 Å². The zero-order chi connectivity index (χ0) is 11.4. The smallest absolute Gasteiger partial charge is 0.155 e. The molecule has 0 aromatic heterocycles. The standard InChI is InChI=1S/C14H15FO/c15-14-8-4-2-6-12(14)9-11-5-1-3-7-13(16)10-11/h2,4,6,8,10H,1,3,5,7,9H2. The third-order valence-corrected chi connectivity index (χ3v) is 2.91. The fourth-order valence-corrected chi connectivity index (χ4v) is 2.05. The lowest BCUT2D eigenvalue weighted by atomic mass is 10.0. The predicted octanol–water partition coefficient (Wildman–Crippen LogP) is 3.44. The second kappa shape index (κ2) is 5.06. The molecule has 16 heavy (non-hydrogen) atoms. The summed E-state index contributed by atoms with van der Waals surface area (Å²) in [6.45, 7) is 0. The van der Waals surface area contributed by atoms with E-state index in [4.69, 9.17) is 0 Å². The molecule has 0 radical (unpaired) electrons. The van der Waals surface area contributed by atoms with Crippen molar-refractivity contribution in [3.8, 4) is 0 Å². The molecular weight excluding hydrogens is 203 g/mol. The molecule has 1 aromatic carbocycles. The average Bonchev–Trinajstić information content (AvgIpc) is 2.46. The van der Waals surface area contributed by atoms with Crippen LogP contribution in [0.15, 0.2) is 35.9 Å². The Morgan fingerprint density at radius 1 is 1.12 bits per heavy atom. The Balaban J connectivity index is 2.14. The Hall–Kier alpha value is -1.44. The maximum Gasteiger partial charge on any atom is 0.155 e. The molecule has 84 valence electrons. The number of carbonyl (C=O) groups excluding carboxylic acids is 1. The highest BCUT2D eigenvalue weighted by Crippen LogP contribution is 2.20. The van der Waals surface area contributed by atoms with Crippen LogP contribution in [0, 0.1) is 5.82 Å². The van der Waals surface area contributed by atoms with Crippen molar-refractivity contribution >= 4 is 5.78 Å². The van der Waals surface area contributed by atoms with Gasteiger partial charge in [-0.25, -0.2) is 4.39 Å². The van der Waals surface area contributed by atoms with E-state index < -0.39 is 0 Å². The van der Waals surface area contributed by atoms with Crippen molar-refractivity contribution in [2.24, 2.45) is 0 Å². The summed E-state index contributed by atoms with van der Waals surface area (Å²) in [5.41, 5.74) is 1.75. The first-order valence-corrected chi connectivity index (χ1v) is 5.71. The first-order valence-electron chi connectivity index (χ1n) is 5.71. The van der Waals surface area contributed by atoms with Gasteiger partial charge in [0.25, 0.3) is 0 Å². The van der Waals surface area contributed by atoms with Crippen molar-refractivity contribution in [3.63, 3.8) is 0 Å². The number of rotatable bonds is 2. The molecule has 0 unspecified atom stereocenters. The van der Waals surface area contributed by atoms with Gasteiger partial charge in [-0.1, -0.05) is 23.8 Å². The predicted molar refractivity (Wildman–Crippen MR) is 61.7 cm³/mol. The Labute approximate surface area is 95.0 Å². The number of allylic oxidation sites excluding steroid dienone is 2. The van der Waals surface area contributed by atoms with Crippen molar-refractivity contribution in [2.45, 2.75) is 32.1 Å². The Kier molecular flexibility index (Phi) is 3.50. The summed E-state index contributed by atoms with van der Waals surface area (Å²) in [7, 11) is 0. The molecule has 0 N–H and O–H groups in total. The summed E-state index contributed by atoms with van der Waals surface area (Å²) in [6.07, 6.45) is 5.82. The lowest BCUT2D eigenvalue weighted by molar-refractivity contribution is -0.114. The van der Waals surface area contributed by atoms with Crippen LogP contribution in [-0.4, -0.2) is 5.78 Å². The zero-order valence-corrected chi connectivity index (χ0v) is 9.21. The fraction of sp³-hybridized carbons (Fsp3) is 0.357. The first kappa shape index (κ1) is 11.1. The van der Waals surface area contributed by atoms with Crippen LogP contribution in [-0.2, 0) is 11.2 Å². The van der Waals surface area contributed by atoms with Crippen LogP contribution in [0.3, 0.4) is 0 Å². The maximum atomic E-state index is 13.4. The lowest BCUT2D eigenvalue weighted by Gasteiger charge is -2.05. The summed E-state index contributed by atoms with van der Waals surface area (Å²) in [5.74, 6) is 0.00364. The normalized spacial score (nSPS) is 16.8. The minimum Gasteiger partial charge on any atom is -0.295 e. The van der Waals surface area contributed by atoms with Crippen LogP contribution in [0.25, 0.3) is 0 Å². The molecule has 1 aliphatic rings. The monoisotopic (exact) mass is 218 g/mol. The van der Waals surface area contributed by atoms with Crippen LogP contribution >= 0.6 is 0 Å². The van der Waals surface area contributed by atoms with Crippen LogP contribution in [0.2, 0.25) is 0 Å². The SMILES string of the molecule is O=C1C=C(Cc2ccccc2F)CCCC1. The molecule has 0 fully saturated rings. The lowest BCUT2D eigenvalue weighted by Crippen LogP contribution is -1.96. The molecule has 0 bridgehead atoms.